The van der Waals surface area contributed by atoms with E-state index in [-0.39, 0.29) is 5.54 Å². The molecule has 0 radical (unpaired) electrons. The number of imidazole rings is 1. The second-order valence-corrected chi connectivity index (χ2v) is 6.23. The van der Waals surface area contributed by atoms with Gasteiger partial charge in [-0.25, -0.2) is 4.98 Å². The fourth-order valence-electron chi connectivity index (χ4n) is 2.16. The van der Waals surface area contributed by atoms with Gasteiger partial charge < -0.3 is 14.8 Å². The zero-order chi connectivity index (χ0) is 14.5. The van der Waals surface area contributed by atoms with Gasteiger partial charge in [0.2, 0.25) is 0 Å². The molecular weight excluding hydrogens is 236 g/mol. The van der Waals surface area contributed by atoms with Crippen molar-refractivity contribution in [3.05, 3.63) is 18.2 Å². The summed E-state index contributed by atoms with van der Waals surface area (Å²) in [7, 11) is 0. The Morgan fingerprint density at radius 2 is 1.95 bits per heavy atom. The van der Waals surface area contributed by atoms with Crippen LogP contribution >= 0.6 is 0 Å². The second kappa shape index (κ2) is 7.06. The van der Waals surface area contributed by atoms with Gasteiger partial charge in [0.1, 0.15) is 0 Å². The number of hydrogen-bond acceptors (Lipinski definition) is 3. The van der Waals surface area contributed by atoms with E-state index in [0.29, 0.717) is 6.04 Å². The third-order valence-corrected chi connectivity index (χ3v) is 3.44. The molecule has 0 aliphatic heterocycles. The van der Waals surface area contributed by atoms with E-state index in [1.165, 1.54) is 5.69 Å². The minimum atomic E-state index is 0.136. The van der Waals surface area contributed by atoms with Crippen LogP contribution in [0, 0.1) is 0 Å². The molecule has 1 aromatic rings. The van der Waals surface area contributed by atoms with Gasteiger partial charge in [0.05, 0.1) is 12.0 Å². The first kappa shape index (κ1) is 16.2. The smallest absolute Gasteiger partial charge is 0.0951 e. The molecule has 110 valence electrons. The van der Waals surface area contributed by atoms with E-state index in [2.05, 4.69) is 61.3 Å². The largest absolute Gasteiger partial charge is 0.329 e. The van der Waals surface area contributed by atoms with Crippen LogP contribution in [0.1, 0.15) is 53.3 Å². The maximum absolute atomic E-state index is 4.31. The van der Waals surface area contributed by atoms with Crippen LogP contribution in [-0.2, 0) is 6.54 Å². The molecule has 4 nitrogen and oxygen atoms in total. The Kier molecular flexibility index (Phi) is 6.01. The lowest BCUT2D eigenvalue weighted by Gasteiger charge is -2.26. The van der Waals surface area contributed by atoms with E-state index in [0.717, 1.165) is 26.2 Å². The fourth-order valence-corrected chi connectivity index (χ4v) is 2.16. The molecule has 0 spiro atoms. The highest BCUT2D eigenvalue weighted by atomic mass is 15.2. The Morgan fingerprint density at radius 3 is 2.47 bits per heavy atom. The second-order valence-electron chi connectivity index (χ2n) is 6.23. The van der Waals surface area contributed by atoms with Crippen LogP contribution in [0.15, 0.2) is 12.5 Å². The lowest BCUT2D eigenvalue weighted by atomic mass is 10.1. The van der Waals surface area contributed by atoms with E-state index < -0.39 is 0 Å². The Balaban J connectivity index is 2.65. The van der Waals surface area contributed by atoms with E-state index in [4.69, 9.17) is 0 Å². The summed E-state index contributed by atoms with van der Waals surface area (Å²) in [6.45, 7) is 17.4. The van der Waals surface area contributed by atoms with Gasteiger partial charge in [-0.1, -0.05) is 13.8 Å². The van der Waals surface area contributed by atoms with Gasteiger partial charge in [0, 0.05) is 30.9 Å². The molecule has 19 heavy (non-hydrogen) atoms. The number of likely N-dealkylation sites (N-methyl/N-ethyl adjacent to an activating group) is 1. The number of hydrogen-bond donors (Lipinski definition) is 1. The van der Waals surface area contributed by atoms with E-state index in [1.54, 1.807) is 0 Å². The van der Waals surface area contributed by atoms with Crippen LogP contribution in [0.3, 0.4) is 0 Å². The lowest BCUT2D eigenvalue weighted by Crippen LogP contribution is -2.36. The summed E-state index contributed by atoms with van der Waals surface area (Å²) in [6, 6.07) is 0.458. The molecule has 0 bridgehead atoms. The molecule has 1 atom stereocenters. The molecule has 0 saturated heterocycles. The van der Waals surface area contributed by atoms with Crippen LogP contribution in [-0.4, -0.2) is 39.6 Å². The van der Waals surface area contributed by atoms with Crippen molar-refractivity contribution in [3.63, 3.8) is 0 Å². The molecule has 1 aromatic heterocycles. The Labute approximate surface area is 118 Å². The van der Waals surface area contributed by atoms with Gasteiger partial charge in [0.25, 0.3) is 0 Å². The summed E-state index contributed by atoms with van der Waals surface area (Å²) in [5, 5.41) is 3.53. The molecule has 0 saturated carbocycles. The molecule has 1 unspecified atom stereocenters. The Hall–Kier alpha value is -0.870. The van der Waals surface area contributed by atoms with Crippen LogP contribution < -0.4 is 5.32 Å². The standard InChI is InChI=1S/C15H30N4/c1-7-18(8-2)11-13(3)19-12-16-9-14(19)10-17-15(4,5)6/h9,12-13,17H,7-8,10-11H2,1-6H3. The minimum Gasteiger partial charge on any atom is -0.329 e. The van der Waals surface area contributed by atoms with Gasteiger partial charge in [-0.2, -0.15) is 0 Å². The third kappa shape index (κ3) is 5.33. The fraction of sp³-hybridized carbons (Fsp3) is 0.800. The molecule has 0 aliphatic rings. The van der Waals surface area contributed by atoms with Crippen molar-refractivity contribution < 1.29 is 0 Å². The van der Waals surface area contributed by atoms with Crippen LogP contribution in [0.25, 0.3) is 0 Å². The van der Waals surface area contributed by atoms with Crippen molar-refractivity contribution in [2.24, 2.45) is 0 Å². The SMILES string of the molecule is CCN(CC)CC(C)n1cncc1CNC(C)(C)C. The normalized spacial score (nSPS) is 14.1. The lowest BCUT2D eigenvalue weighted by molar-refractivity contribution is 0.258. The monoisotopic (exact) mass is 266 g/mol. The van der Waals surface area contributed by atoms with Crippen LogP contribution in [0.2, 0.25) is 0 Å². The van der Waals surface area contributed by atoms with Crippen molar-refractivity contribution in [1.82, 2.24) is 19.8 Å². The maximum atomic E-state index is 4.31. The highest BCUT2D eigenvalue weighted by Crippen LogP contribution is 2.13. The molecule has 0 fully saturated rings. The summed E-state index contributed by atoms with van der Waals surface area (Å²) < 4.78 is 2.29. The predicted molar refractivity (Wildman–Crippen MR) is 81.3 cm³/mol. The molecule has 0 aliphatic carbocycles. The summed E-state index contributed by atoms with van der Waals surface area (Å²) in [6.07, 6.45) is 3.92. The topological polar surface area (TPSA) is 33.1 Å². The van der Waals surface area contributed by atoms with Gasteiger partial charge >= 0.3 is 0 Å². The molecule has 4 heteroatoms. The van der Waals surface area contributed by atoms with E-state index >= 15 is 0 Å². The summed E-state index contributed by atoms with van der Waals surface area (Å²) >= 11 is 0. The number of rotatable bonds is 7. The summed E-state index contributed by atoms with van der Waals surface area (Å²) in [4.78, 5) is 6.76. The minimum absolute atomic E-state index is 0.136. The number of aromatic nitrogens is 2. The van der Waals surface area contributed by atoms with Crippen molar-refractivity contribution in [1.29, 1.82) is 0 Å². The molecule has 1 N–H and O–H groups in total. The molecule has 0 amide bonds. The van der Waals surface area contributed by atoms with Crippen molar-refractivity contribution in [2.75, 3.05) is 19.6 Å². The Morgan fingerprint density at radius 1 is 1.32 bits per heavy atom. The zero-order valence-electron chi connectivity index (χ0n) is 13.4. The number of nitrogens with one attached hydrogen (secondary N) is 1. The van der Waals surface area contributed by atoms with Crippen molar-refractivity contribution >= 4 is 0 Å². The molecule has 1 rings (SSSR count). The van der Waals surface area contributed by atoms with Crippen molar-refractivity contribution in [3.8, 4) is 0 Å². The first-order valence-electron chi connectivity index (χ1n) is 7.35. The average molecular weight is 266 g/mol. The van der Waals surface area contributed by atoms with Gasteiger partial charge in [-0.3, -0.25) is 0 Å². The highest BCUT2D eigenvalue weighted by molar-refractivity contribution is 5.01. The Bertz CT molecular complexity index is 360. The molecule has 0 aromatic carbocycles. The zero-order valence-corrected chi connectivity index (χ0v) is 13.4. The van der Waals surface area contributed by atoms with E-state index in [9.17, 15) is 0 Å². The van der Waals surface area contributed by atoms with Gasteiger partial charge in [-0.05, 0) is 40.8 Å². The number of nitrogens with zero attached hydrogens (tertiary/aromatic N) is 3. The van der Waals surface area contributed by atoms with Crippen molar-refractivity contribution in [2.45, 2.75) is 59.7 Å². The van der Waals surface area contributed by atoms with Gasteiger partial charge in [0.15, 0.2) is 0 Å². The maximum Gasteiger partial charge on any atom is 0.0951 e. The van der Waals surface area contributed by atoms with Crippen LogP contribution in [0.4, 0.5) is 0 Å². The molecule has 1 heterocycles. The first-order chi connectivity index (χ1) is 8.87. The average Bonchev–Trinajstić information content (AvgIpc) is 2.80. The summed E-state index contributed by atoms with van der Waals surface area (Å²) in [5.74, 6) is 0. The van der Waals surface area contributed by atoms with Crippen LogP contribution in [0.5, 0.6) is 0 Å². The van der Waals surface area contributed by atoms with Gasteiger partial charge in [-0.15, -0.1) is 0 Å². The quantitative estimate of drug-likeness (QED) is 0.823. The highest BCUT2D eigenvalue weighted by Gasteiger charge is 2.14. The summed E-state index contributed by atoms with van der Waals surface area (Å²) in [5.41, 5.74) is 1.39. The van der Waals surface area contributed by atoms with E-state index in [1.807, 2.05) is 12.5 Å². The predicted octanol–water partition coefficient (Wildman–Crippen LogP) is 2.67. The molecular formula is C15H30N4. The first-order valence-corrected chi connectivity index (χ1v) is 7.35. The third-order valence-electron chi connectivity index (χ3n) is 3.44.